The maximum absolute atomic E-state index is 14.0. The van der Waals surface area contributed by atoms with Crippen molar-refractivity contribution in [2.75, 3.05) is 20.7 Å². The summed E-state index contributed by atoms with van der Waals surface area (Å²) in [4.78, 5) is 2.15. The van der Waals surface area contributed by atoms with E-state index in [0.29, 0.717) is 29.8 Å². The molecule has 1 aliphatic carbocycles. The van der Waals surface area contributed by atoms with Crippen LogP contribution in [0.15, 0.2) is 18.2 Å². The second kappa shape index (κ2) is 5.67. The molecule has 0 amide bonds. The monoisotopic (exact) mass is 252 g/mol. The van der Waals surface area contributed by atoms with Crippen molar-refractivity contribution in [2.45, 2.75) is 25.4 Å². The molecule has 0 unspecified atom stereocenters. The second-order valence-corrected chi connectivity index (χ2v) is 5.23. The third-order valence-electron chi connectivity index (χ3n) is 3.55. The van der Waals surface area contributed by atoms with Gasteiger partial charge >= 0.3 is 0 Å². The molecule has 2 rings (SSSR count). The lowest BCUT2D eigenvalue weighted by atomic mass is 9.80. The molecule has 0 atom stereocenters. The number of benzene rings is 1. The Morgan fingerprint density at radius 3 is 2.78 bits per heavy atom. The number of ether oxygens (including phenoxy) is 1. The van der Waals surface area contributed by atoms with Gasteiger partial charge in [0.15, 0.2) is 11.6 Å². The summed E-state index contributed by atoms with van der Waals surface area (Å²) in [5.74, 6) is 0.724. The van der Waals surface area contributed by atoms with E-state index in [1.807, 2.05) is 13.1 Å². The summed E-state index contributed by atoms with van der Waals surface area (Å²) in [7, 11) is 3.50. The molecule has 100 valence electrons. The molecule has 0 saturated heterocycles. The van der Waals surface area contributed by atoms with Crippen LogP contribution < -0.4 is 10.5 Å². The third-order valence-corrected chi connectivity index (χ3v) is 3.55. The molecule has 2 N–H and O–H groups in total. The van der Waals surface area contributed by atoms with Gasteiger partial charge in [-0.3, -0.25) is 0 Å². The predicted octanol–water partition coefficient (Wildman–Crippen LogP) is 2.00. The van der Waals surface area contributed by atoms with Crippen molar-refractivity contribution < 1.29 is 9.13 Å². The Morgan fingerprint density at radius 1 is 1.44 bits per heavy atom. The molecule has 18 heavy (non-hydrogen) atoms. The van der Waals surface area contributed by atoms with Gasteiger partial charge in [0.05, 0.1) is 7.11 Å². The van der Waals surface area contributed by atoms with Crippen LogP contribution in [0.1, 0.15) is 18.4 Å². The maximum Gasteiger partial charge on any atom is 0.169 e. The fourth-order valence-corrected chi connectivity index (χ4v) is 2.57. The van der Waals surface area contributed by atoms with Crippen LogP contribution in [-0.2, 0) is 6.54 Å². The first-order chi connectivity index (χ1) is 8.60. The van der Waals surface area contributed by atoms with Crippen molar-refractivity contribution in [1.29, 1.82) is 0 Å². The Morgan fingerprint density at radius 2 is 2.17 bits per heavy atom. The van der Waals surface area contributed by atoms with Crippen molar-refractivity contribution in [2.24, 2.45) is 11.7 Å². The van der Waals surface area contributed by atoms with Gasteiger partial charge in [-0.2, -0.15) is 0 Å². The van der Waals surface area contributed by atoms with Crippen molar-refractivity contribution in [3.63, 3.8) is 0 Å². The Balaban J connectivity index is 1.92. The van der Waals surface area contributed by atoms with E-state index in [-0.39, 0.29) is 5.82 Å². The van der Waals surface area contributed by atoms with Crippen LogP contribution in [0.2, 0.25) is 0 Å². The Kier molecular flexibility index (Phi) is 4.19. The molecule has 0 spiro atoms. The molecule has 1 aliphatic rings. The molecule has 0 aromatic heterocycles. The van der Waals surface area contributed by atoms with Crippen molar-refractivity contribution in [3.05, 3.63) is 29.6 Å². The van der Waals surface area contributed by atoms with Gasteiger partial charge in [-0.05, 0) is 31.9 Å². The lowest BCUT2D eigenvalue weighted by Gasteiger charge is -2.35. The highest BCUT2D eigenvalue weighted by Crippen LogP contribution is 2.27. The largest absolute Gasteiger partial charge is 0.494 e. The first kappa shape index (κ1) is 13.3. The van der Waals surface area contributed by atoms with Crippen LogP contribution in [0, 0.1) is 11.7 Å². The summed E-state index contributed by atoms with van der Waals surface area (Å²) in [5, 5.41) is 0. The summed E-state index contributed by atoms with van der Waals surface area (Å²) in [5.41, 5.74) is 6.45. The summed E-state index contributed by atoms with van der Waals surface area (Å²) in [6.45, 7) is 1.58. The molecule has 1 fully saturated rings. The zero-order valence-electron chi connectivity index (χ0n) is 11.0. The van der Waals surface area contributed by atoms with Gasteiger partial charge in [0, 0.05) is 24.7 Å². The predicted molar refractivity (Wildman–Crippen MR) is 70.0 cm³/mol. The fraction of sp³-hybridized carbons (Fsp3) is 0.571. The quantitative estimate of drug-likeness (QED) is 0.871. The van der Waals surface area contributed by atoms with E-state index in [9.17, 15) is 4.39 Å². The number of hydrogen-bond acceptors (Lipinski definition) is 3. The van der Waals surface area contributed by atoms with Gasteiger partial charge in [0.2, 0.25) is 0 Å². The molecule has 0 bridgehead atoms. The summed E-state index contributed by atoms with van der Waals surface area (Å²) in [6, 6.07) is 5.64. The molecule has 1 aromatic carbocycles. The molecule has 3 nitrogen and oxygen atoms in total. The number of halogens is 1. The van der Waals surface area contributed by atoms with Crippen LogP contribution in [-0.4, -0.2) is 31.6 Å². The minimum absolute atomic E-state index is 0.253. The van der Waals surface area contributed by atoms with E-state index in [1.54, 1.807) is 12.1 Å². The average Bonchev–Trinajstić information content (AvgIpc) is 2.30. The molecular weight excluding hydrogens is 231 g/mol. The van der Waals surface area contributed by atoms with Crippen LogP contribution in [0.25, 0.3) is 0 Å². The van der Waals surface area contributed by atoms with Crippen molar-refractivity contribution >= 4 is 0 Å². The second-order valence-electron chi connectivity index (χ2n) is 5.23. The molecule has 0 aliphatic heterocycles. The van der Waals surface area contributed by atoms with Crippen LogP contribution >= 0.6 is 0 Å². The van der Waals surface area contributed by atoms with Crippen molar-refractivity contribution in [3.8, 4) is 5.75 Å². The Hall–Kier alpha value is -1.13. The van der Waals surface area contributed by atoms with Gasteiger partial charge in [-0.25, -0.2) is 4.39 Å². The van der Waals surface area contributed by atoms with Crippen LogP contribution in [0.5, 0.6) is 5.75 Å². The number of methoxy groups -OCH3 is 1. The van der Waals surface area contributed by atoms with Crippen LogP contribution in [0.4, 0.5) is 4.39 Å². The highest BCUT2D eigenvalue weighted by Gasteiger charge is 2.26. The Bertz CT molecular complexity index is 405. The highest BCUT2D eigenvalue weighted by molar-refractivity contribution is 5.30. The summed E-state index contributed by atoms with van der Waals surface area (Å²) < 4.78 is 18.9. The highest BCUT2D eigenvalue weighted by atomic mass is 19.1. The van der Waals surface area contributed by atoms with Gasteiger partial charge < -0.3 is 15.4 Å². The van der Waals surface area contributed by atoms with E-state index in [0.717, 1.165) is 19.4 Å². The average molecular weight is 252 g/mol. The van der Waals surface area contributed by atoms with Gasteiger partial charge in [0.25, 0.3) is 0 Å². The third kappa shape index (κ3) is 3.00. The SMILES string of the molecule is COc1cccc(CN(C)CC2CC(N)C2)c1F. The lowest BCUT2D eigenvalue weighted by molar-refractivity contribution is 0.177. The first-order valence-corrected chi connectivity index (χ1v) is 6.35. The molecule has 1 aromatic rings. The Labute approximate surface area is 108 Å². The minimum Gasteiger partial charge on any atom is -0.494 e. The number of rotatable bonds is 5. The van der Waals surface area contributed by atoms with E-state index in [4.69, 9.17) is 10.5 Å². The topological polar surface area (TPSA) is 38.5 Å². The molecule has 1 saturated carbocycles. The number of hydrogen-bond donors (Lipinski definition) is 1. The fourth-order valence-electron chi connectivity index (χ4n) is 2.57. The lowest BCUT2D eigenvalue weighted by Crippen LogP contribution is -2.41. The van der Waals surface area contributed by atoms with Crippen molar-refractivity contribution in [1.82, 2.24) is 4.90 Å². The van der Waals surface area contributed by atoms with Gasteiger partial charge in [-0.1, -0.05) is 12.1 Å². The standard InChI is InChI=1S/C14H21FN2O/c1-17(8-10-6-12(16)7-10)9-11-4-3-5-13(18-2)14(11)15/h3-5,10,12H,6-9,16H2,1-2H3. The summed E-state index contributed by atoms with van der Waals surface area (Å²) in [6.07, 6.45) is 2.18. The van der Waals surface area contributed by atoms with E-state index >= 15 is 0 Å². The van der Waals surface area contributed by atoms with E-state index in [2.05, 4.69) is 4.90 Å². The number of nitrogens with two attached hydrogens (primary N) is 1. The van der Waals surface area contributed by atoms with Gasteiger partial charge in [-0.15, -0.1) is 0 Å². The molecule has 4 heteroatoms. The summed E-state index contributed by atoms with van der Waals surface area (Å²) >= 11 is 0. The normalized spacial score (nSPS) is 22.9. The first-order valence-electron chi connectivity index (χ1n) is 6.35. The number of nitrogens with zero attached hydrogens (tertiary/aromatic N) is 1. The molecule has 0 radical (unpaired) electrons. The maximum atomic E-state index is 14.0. The zero-order chi connectivity index (χ0) is 13.1. The smallest absolute Gasteiger partial charge is 0.169 e. The van der Waals surface area contributed by atoms with E-state index in [1.165, 1.54) is 7.11 Å². The van der Waals surface area contributed by atoms with Gasteiger partial charge in [0.1, 0.15) is 0 Å². The van der Waals surface area contributed by atoms with E-state index < -0.39 is 0 Å². The zero-order valence-corrected chi connectivity index (χ0v) is 11.0. The molecule has 0 heterocycles. The minimum atomic E-state index is -0.253. The van der Waals surface area contributed by atoms with Crippen LogP contribution in [0.3, 0.4) is 0 Å². The molecular formula is C14H21FN2O.